The summed E-state index contributed by atoms with van der Waals surface area (Å²) in [5, 5.41) is 9.61. The van der Waals surface area contributed by atoms with E-state index in [0.717, 1.165) is 50.6 Å². The van der Waals surface area contributed by atoms with Crippen molar-refractivity contribution in [2.75, 3.05) is 22.6 Å². The molecule has 40 heavy (non-hydrogen) atoms. The van der Waals surface area contributed by atoms with Gasteiger partial charge in [0, 0.05) is 41.1 Å². The summed E-state index contributed by atoms with van der Waals surface area (Å²) in [6.45, 7) is 6.02. The second kappa shape index (κ2) is 10.5. The lowest BCUT2D eigenvalue weighted by atomic mass is 9.91. The highest BCUT2D eigenvalue weighted by Gasteiger charge is 2.28. The minimum absolute atomic E-state index is 0.0889. The van der Waals surface area contributed by atoms with Crippen molar-refractivity contribution >= 4 is 35.4 Å². The third-order valence-electron chi connectivity index (χ3n) is 6.79. The zero-order valence-electron chi connectivity index (χ0n) is 21.6. The number of fused-ring (bicyclic) bond motifs is 2. The predicted molar refractivity (Wildman–Crippen MR) is 155 cm³/mol. The van der Waals surface area contributed by atoms with Crippen molar-refractivity contribution in [2.24, 2.45) is 9.98 Å². The van der Waals surface area contributed by atoms with E-state index in [0.29, 0.717) is 24.5 Å². The Morgan fingerprint density at radius 3 is 2.67 bits per heavy atom. The SMILES string of the molecule is C=NC1C=C(C2=NCNc3cnc(-c4cncc(NC(=O)CC)c4)cc32)Nc2cncc(-c3ccc(F)cc3)c21. The van der Waals surface area contributed by atoms with Gasteiger partial charge in [-0.2, -0.15) is 0 Å². The topological polar surface area (TPSA) is 117 Å². The molecule has 198 valence electrons. The first-order valence-corrected chi connectivity index (χ1v) is 12.8. The molecule has 4 aromatic rings. The molecule has 1 atom stereocenters. The molecule has 0 radical (unpaired) electrons. The Balaban J connectivity index is 1.37. The average molecular weight is 533 g/mol. The molecule has 0 bridgehead atoms. The van der Waals surface area contributed by atoms with Gasteiger partial charge in [0.05, 0.1) is 58.8 Å². The highest BCUT2D eigenvalue weighted by Crippen LogP contribution is 2.41. The minimum Gasteiger partial charge on any atom is -0.364 e. The van der Waals surface area contributed by atoms with Crippen LogP contribution in [0, 0.1) is 5.82 Å². The number of aliphatic imine (C=N–C) groups is 2. The van der Waals surface area contributed by atoms with Crippen LogP contribution in [0.5, 0.6) is 0 Å². The lowest BCUT2D eigenvalue weighted by Crippen LogP contribution is -2.24. The van der Waals surface area contributed by atoms with Crippen LogP contribution in [0.15, 0.2) is 89.1 Å². The van der Waals surface area contributed by atoms with Crippen LogP contribution in [0.3, 0.4) is 0 Å². The smallest absolute Gasteiger partial charge is 0.224 e. The molecular weight excluding hydrogens is 507 g/mol. The number of hydrogen-bond acceptors (Lipinski definition) is 8. The number of carbonyl (C=O) groups is 1. The molecule has 0 saturated heterocycles. The first-order chi connectivity index (χ1) is 19.5. The number of anilines is 3. The number of aromatic nitrogens is 3. The predicted octanol–water partition coefficient (Wildman–Crippen LogP) is 5.62. The summed E-state index contributed by atoms with van der Waals surface area (Å²) in [6.07, 6.45) is 10.9. The molecule has 0 spiro atoms. The number of benzene rings is 1. The molecule has 3 aromatic heterocycles. The van der Waals surface area contributed by atoms with E-state index in [9.17, 15) is 9.18 Å². The van der Waals surface area contributed by atoms with Crippen LogP contribution in [0.25, 0.3) is 22.4 Å². The van der Waals surface area contributed by atoms with Crippen molar-refractivity contribution in [3.05, 3.63) is 96.1 Å². The largest absolute Gasteiger partial charge is 0.364 e. The summed E-state index contributed by atoms with van der Waals surface area (Å²) >= 11 is 0. The van der Waals surface area contributed by atoms with E-state index in [2.05, 4.69) is 42.6 Å². The molecule has 10 heteroatoms. The monoisotopic (exact) mass is 532 g/mol. The van der Waals surface area contributed by atoms with E-state index in [1.807, 2.05) is 18.2 Å². The normalized spacial score (nSPS) is 15.4. The van der Waals surface area contributed by atoms with Crippen LogP contribution in [0.4, 0.5) is 21.5 Å². The second-order valence-electron chi connectivity index (χ2n) is 9.31. The summed E-state index contributed by atoms with van der Waals surface area (Å²) in [4.78, 5) is 34.4. The maximum atomic E-state index is 13.6. The number of amides is 1. The maximum absolute atomic E-state index is 13.6. The van der Waals surface area contributed by atoms with E-state index in [1.54, 1.807) is 50.0 Å². The molecule has 0 aliphatic carbocycles. The number of pyridine rings is 3. The number of halogens is 1. The molecule has 3 N–H and O–H groups in total. The van der Waals surface area contributed by atoms with Crippen molar-refractivity contribution in [3.8, 4) is 22.4 Å². The van der Waals surface area contributed by atoms with Crippen molar-refractivity contribution in [1.29, 1.82) is 0 Å². The molecule has 1 unspecified atom stereocenters. The summed E-state index contributed by atoms with van der Waals surface area (Å²) in [5.74, 6) is -0.390. The van der Waals surface area contributed by atoms with Crippen molar-refractivity contribution < 1.29 is 9.18 Å². The quantitative estimate of drug-likeness (QED) is 0.278. The minimum atomic E-state index is -0.375. The van der Waals surface area contributed by atoms with E-state index in [4.69, 9.17) is 4.99 Å². The standard InChI is InChI=1S/C30H25FN8O/c1-3-28(40)38-20-8-18(11-33-12-20)23-9-21-26(15-35-23)36-16-37-30(21)25-10-24(32-2)29-22(13-34-14-27(29)39-25)17-4-6-19(31)7-5-17/h4-15,24,36,39H,2-3,16H2,1H3,(H,38,40). The third-order valence-corrected chi connectivity index (χ3v) is 6.79. The van der Waals surface area contributed by atoms with Crippen LogP contribution < -0.4 is 16.0 Å². The Kier molecular flexibility index (Phi) is 6.57. The summed E-state index contributed by atoms with van der Waals surface area (Å²) < 4.78 is 13.6. The molecule has 9 nitrogen and oxygen atoms in total. The lowest BCUT2D eigenvalue weighted by Gasteiger charge is -2.28. The first-order valence-electron chi connectivity index (χ1n) is 12.8. The van der Waals surface area contributed by atoms with Crippen LogP contribution in [0.1, 0.15) is 30.5 Å². The van der Waals surface area contributed by atoms with Crippen LogP contribution >= 0.6 is 0 Å². The summed E-state index contributed by atoms with van der Waals surface area (Å²) in [6, 6.07) is 9.73. The highest BCUT2D eigenvalue weighted by atomic mass is 19.1. The Bertz CT molecular complexity index is 1700. The van der Waals surface area contributed by atoms with Gasteiger partial charge in [0.15, 0.2) is 0 Å². The maximum Gasteiger partial charge on any atom is 0.224 e. The third kappa shape index (κ3) is 4.71. The molecular formula is C30H25FN8O. The lowest BCUT2D eigenvalue weighted by molar-refractivity contribution is -0.115. The molecule has 0 saturated carbocycles. The number of nitrogens with zero attached hydrogens (tertiary/aromatic N) is 5. The van der Waals surface area contributed by atoms with Gasteiger partial charge in [-0.1, -0.05) is 19.1 Å². The molecule has 2 aliphatic heterocycles. The zero-order valence-corrected chi connectivity index (χ0v) is 21.6. The van der Waals surface area contributed by atoms with Crippen LogP contribution in [-0.4, -0.2) is 40.0 Å². The van der Waals surface area contributed by atoms with Crippen molar-refractivity contribution in [1.82, 2.24) is 15.0 Å². The van der Waals surface area contributed by atoms with Gasteiger partial charge in [0.25, 0.3) is 0 Å². The van der Waals surface area contributed by atoms with E-state index in [-0.39, 0.29) is 17.8 Å². The van der Waals surface area contributed by atoms with Crippen LogP contribution in [0.2, 0.25) is 0 Å². The Morgan fingerprint density at radius 1 is 1.05 bits per heavy atom. The number of nitrogens with one attached hydrogen (secondary N) is 3. The van der Waals surface area contributed by atoms with Crippen molar-refractivity contribution in [2.45, 2.75) is 19.4 Å². The number of rotatable bonds is 6. The van der Waals surface area contributed by atoms with Gasteiger partial charge in [-0.15, -0.1) is 0 Å². The van der Waals surface area contributed by atoms with Crippen LogP contribution in [-0.2, 0) is 4.79 Å². The Morgan fingerprint density at radius 2 is 1.88 bits per heavy atom. The fraction of sp³-hybridized carbons (Fsp3) is 0.133. The number of hydrogen-bond donors (Lipinski definition) is 3. The molecule has 0 fully saturated rings. The molecule has 1 aromatic carbocycles. The van der Waals surface area contributed by atoms with Crippen molar-refractivity contribution in [3.63, 3.8) is 0 Å². The highest BCUT2D eigenvalue weighted by molar-refractivity contribution is 6.18. The van der Waals surface area contributed by atoms with E-state index < -0.39 is 0 Å². The summed E-state index contributed by atoms with van der Waals surface area (Å²) in [7, 11) is 0. The first kappa shape index (κ1) is 25.1. The average Bonchev–Trinajstić information content (AvgIpc) is 3.00. The fourth-order valence-corrected chi connectivity index (χ4v) is 4.83. The van der Waals surface area contributed by atoms with Gasteiger partial charge in [0.1, 0.15) is 12.5 Å². The van der Waals surface area contributed by atoms with Gasteiger partial charge in [-0.25, -0.2) is 4.39 Å². The van der Waals surface area contributed by atoms with Gasteiger partial charge < -0.3 is 16.0 Å². The number of carbonyl (C=O) groups excluding carboxylic acids is 1. The van der Waals surface area contributed by atoms with E-state index in [1.165, 1.54) is 12.1 Å². The Labute approximate surface area is 230 Å². The van der Waals surface area contributed by atoms with Gasteiger partial charge in [0.2, 0.25) is 5.91 Å². The number of allylic oxidation sites excluding steroid dienone is 1. The molecule has 2 aliphatic rings. The fourth-order valence-electron chi connectivity index (χ4n) is 4.83. The van der Waals surface area contributed by atoms with E-state index >= 15 is 0 Å². The molecule has 5 heterocycles. The Hall–Kier alpha value is -5.25. The zero-order chi connectivity index (χ0) is 27.6. The second-order valence-corrected chi connectivity index (χ2v) is 9.31. The van der Waals surface area contributed by atoms with Gasteiger partial charge >= 0.3 is 0 Å². The molecule has 1 amide bonds. The summed E-state index contributed by atoms with van der Waals surface area (Å²) in [5.41, 5.74) is 8.62. The molecule has 6 rings (SSSR count). The van der Waals surface area contributed by atoms with Gasteiger partial charge in [-0.3, -0.25) is 29.7 Å². The van der Waals surface area contributed by atoms with Gasteiger partial charge in [-0.05, 0) is 42.6 Å².